The fraction of sp³-hybridized carbons (Fsp3) is 0.455. The van der Waals surface area contributed by atoms with E-state index in [9.17, 15) is 20.1 Å². The van der Waals surface area contributed by atoms with Crippen molar-refractivity contribution < 1.29 is 62.8 Å². The van der Waals surface area contributed by atoms with Gasteiger partial charge in [0.15, 0.2) is 5.78 Å². The van der Waals surface area contributed by atoms with Crippen LogP contribution in [0, 0.1) is 5.41 Å². The van der Waals surface area contributed by atoms with Crippen LogP contribution < -0.4 is 21.3 Å². The molecular weight excluding hydrogens is 737 g/mol. The molecule has 14 heteroatoms. The van der Waals surface area contributed by atoms with Crippen LogP contribution in [0.5, 0.6) is 5.75 Å². The first-order valence-corrected chi connectivity index (χ1v) is 16.7. The Morgan fingerprint density at radius 1 is 1.17 bits per heavy atom. The number of thiol groups is 1. The average molecular weight is 784 g/mol. The van der Waals surface area contributed by atoms with Crippen LogP contribution in [-0.2, 0) is 38.5 Å². The van der Waals surface area contributed by atoms with Crippen molar-refractivity contribution in [1.29, 1.82) is 0 Å². The Morgan fingerprint density at radius 3 is 2.34 bits per heavy atom. The zero-order valence-corrected chi connectivity index (χ0v) is 33.1. The number of thiophene rings is 1. The number of nitrogens with one attached hydrogen (secondary N) is 2. The molecule has 3 aromatic rings. The smallest absolute Gasteiger partial charge is 0.316 e. The van der Waals surface area contributed by atoms with Gasteiger partial charge in [0.25, 0.3) is 0 Å². The van der Waals surface area contributed by atoms with Crippen LogP contribution in [-0.4, -0.2) is 57.2 Å². The summed E-state index contributed by atoms with van der Waals surface area (Å²) in [6.45, 7) is 12.5. The third-order valence-corrected chi connectivity index (χ3v) is 8.95. The largest absolute Gasteiger partial charge is 0.397 e. The Balaban J connectivity index is 0.000000576. The number of halogens is 1. The van der Waals surface area contributed by atoms with Crippen LogP contribution in [0.1, 0.15) is 76.0 Å². The molecular formula is C33H47ClN4O6S2Y. The van der Waals surface area contributed by atoms with E-state index >= 15 is 0 Å². The van der Waals surface area contributed by atoms with Gasteiger partial charge in [-0.15, -0.1) is 11.3 Å². The number of anilines is 2. The van der Waals surface area contributed by atoms with Crippen LogP contribution in [0.25, 0.3) is 10.4 Å². The summed E-state index contributed by atoms with van der Waals surface area (Å²) >= 11 is 11.8. The number of benzene rings is 2. The maximum absolute atomic E-state index is 12.8. The quantitative estimate of drug-likeness (QED) is 0.0522. The van der Waals surface area contributed by atoms with E-state index in [1.165, 1.54) is 16.4 Å². The molecule has 1 aliphatic rings. The molecule has 0 unspecified atom stereocenters. The van der Waals surface area contributed by atoms with Crippen molar-refractivity contribution in [2.75, 3.05) is 23.8 Å². The average Bonchev–Trinajstić information content (AvgIpc) is 3.31. The third kappa shape index (κ3) is 14.0. The van der Waals surface area contributed by atoms with Crippen molar-refractivity contribution in [2.45, 2.75) is 78.1 Å². The standard InChI is InChI=1S/C23H31ClN2O4S.C8H10N2OS.C2H6O.Y/c1-22(2,3)13-17(27)21-19(30-29)18(24)20(31-21)14-7-6-8-15(11-14)25-16-9-10-26(28)23(4,5)12-16;9-8(11)10-7-3-1-2-6(4-7)5-12;1-2-3;/h6-8,11,16,25,28-29H,9-10,12-13H2,1-5H3;1-4,12H,5H2,(H3,9,10,11);3H,2H2,1H3;/t16-;;;/m0.../s1. The van der Waals surface area contributed by atoms with Crippen LogP contribution in [0.2, 0.25) is 5.02 Å². The number of ketones is 1. The van der Waals surface area contributed by atoms with E-state index in [0.29, 0.717) is 34.2 Å². The van der Waals surface area contributed by atoms with Crippen LogP contribution in [0.15, 0.2) is 48.5 Å². The minimum absolute atomic E-state index is 0. The molecule has 1 radical (unpaired) electrons. The van der Waals surface area contributed by atoms with Crippen molar-refractivity contribution in [2.24, 2.45) is 11.1 Å². The number of carbonyl (C=O) groups excluding carboxylic acids is 2. The maximum Gasteiger partial charge on any atom is 0.316 e. The van der Waals surface area contributed by atoms with E-state index in [4.69, 9.17) is 22.4 Å². The Morgan fingerprint density at radius 2 is 1.79 bits per heavy atom. The van der Waals surface area contributed by atoms with Gasteiger partial charge in [0.1, 0.15) is 9.90 Å². The zero-order chi connectivity index (χ0) is 34.7. The summed E-state index contributed by atoms with van der Waals surface area (Å²) in [5, 5.41) is 34.7. The topological polar surface area (TPSA) is 157 Å². The first kappa shape index (κ1) is 43.3. The molecule has 47 heavy (non-hydrogen) atoms. The summed E-state index contributed by atoms with van der Waals surface area (Å²) in [7, 11) is 0. The van der Waals surface area contributed by atoms with Crippen molar-refractivity contribution in [3.63, 3.8) is 0 Å². The van der Waals surface area contributed by atoms with Crippen molar-refractivity contribution in [3.05, 3.63) is 64.0 Å². The van der Waals surface area contributed by atoms with Gasteiger partial charge in [-0.3, -0.25) is 4.79 Å². The minimum Gasteiger partial charge on any atom is -0.397 e. The monoisotopic (exact) mass is 783 g/mol. The Bertz CT molecular complexity index is 1450. The molecule has 0 aliphatic carbocycles. The van der Waals surface area contributed by atoms with E-state index in [0.717, 1.165) is 29.7 Å². The normalized spacial score (nSPS) is 15.5. The molecule has 2 amide bonds. The number of aliphatic hydroxyl groups excluding tert-OH is 1. The van der Waals surface area contributed by atoms with Crippen molar-refractivity contribution in [3.8, 4) is 16.2 Å². The number of amides is 2. The van der Waals surface area contributed by atoms with Gasteiger partial charge < -0.3 is 31.6 Å². The van der Waals surface area contributed by atoms with Gasteiger partial charge in [-0.25, -0.2) is 10.1 Å². The molecule has 0 bridgehead atoms. The summed E-state index contributed by atoms with van der Waals surface area (Å²) in [6.07, 6.45) is 1.96. The van der Waals surface area contributed by atoms with E-state index in [1.54, 1.807) is 13.0 Å². The van der Waals surface area contributed by atoms with Gasteiger partial charge >= 0.3 is 6.03 Å². The van der Waals surface area contributed by atoms with Gasteiger partial charge in [0.2, 0.25) is 5.75 Å². The Kier molecular flexibility index (Phi) is 18.5. The van der Waals surface area contributed by atoms with Crippen LogP contribution in [0.3, 0.4) is 0 Å². The molecule has 1 fully saturated rings. The third-order valence-electron chi connectivity index (χ3n) is 6.85. The molecule has 0 saturated carbocycles. The number of hydroxylamine groups is 2. The first-order chi connectivity index (χ1) is 21.5. The minimum atomic E-state index is -0.550. The number of primary amides is 1. The summed E-state index contributed by atoms with van der Waals surface area (Å²) in [5.41, 5.74) is 7.99. The second-order valence-corrected chi connectivity index (χ2v) is 14.4. The second kappa shape index (κ2) is 20.1. The zero-order valence-electron chi connectivity index (χ0n) is 27.8. The molecule has 4 rings (SSSR count). The molecule has 0 spiro atoms. The first-order valence-electron chi connectivity index (χ1n) is 14.9. The molecule has 1 atom stereocenters. The molecule has 10 nitrogen and oxygen atoms in total. The molecule has 7 N–H and O–H groups in total. The molecule has 1 aliphatic heterocycles. The fourth-order valence-electron chi connectivity index (χ4n) is 4.80. The predicted octanol–water partition coefficient (Wildman–Crippen LogP) is 8.19. The van der Waals surface area contributed by atoms with Crippen LogP contribution >= 0.6 is 35.6 Å². The molecule has 257 valence electrons. The van der Waals surface area contributed by atoms with Gasteiger partial charge in [0.05, 0.1) is 4.88 Å². The van der Waals surface area contributed by atoms with Gasteiger partial charge in [-0.2, -0.15) is 17.7 Å². The number of aliphatic hydroxyl groups is 1. The number of rotatable bonds is 8. The van der Waals surface area contributed by atoms with Gasteiger partial charge in [0, 0.05) is 81.0 Å². The van der Waals surface area contributed by atoms with Crippen LogP contribution in [0.4, 0.5) is 16.2 Å². The molecule has 1 saturated heterocycles. The number of nitrogens with two attached hydrogens (primary N) is 1. The maximum atomic E-state index is 12.8. The van der Waals surface area contributed by atoms with Gasteiger partial charge in [-0.05, 0) is 74.4 Å². The summed E-state index contributed by atoms with van der Waals surface area (Å²) in [4.78, 5) is 28.8. The van der Waals surface area contributed by atoms with E-state index in [-0.39, 0.29) is 72.9 Å². The SMILES string of the molecule is CC(C)(C)CC(=O)c1sc(-c2cccc(N[C@H]3CCN(O)C(C)(C)C3)c2)c(Cl)c1OO.CCO.NC(=O)Nc1cccc(CS)c1.[Y]. The van der Waals surface area contributed by atoms with E-state index < -0.39 is 6.03 Å². The van der Waals surface area contributed by atoms with Gasteiger partial charge in [-0.1, -0.05) is 56.6 Å². The predicted molar refractivity (Wildman–Crippen MR) is 191 cm³/mol. The summed E-state index contributed by atoms with van der Waals surface area (Å²) < 4.78 is 0. The summed E-state index contributed by atoms with van der Waals surface area (Å²) in [5.74, 6) is 0.558. The number of carbonyl (C=O) groups is 2. The number of nitrogens with zero attached hydrogens (tertiary/aromatic N) is 1. The molecule has 2 heterocycles. The molecule has 2 aromatic carbocycles. The van der Waals surface area contributed by atoms with Crippen molar-refractivity contribution in [1.82, 2.24) is 5.06 Å². The summed E-state index contributed by atoms with van der Waals surface area (Å²) in [6, 6.07) is 14.9. The fourth-order valence-corrected chi connectivity index (χ4v) is 6.45. The number of Topliss-reactive ketones (excluding diaryl/α,β-unsaturated/α-hetero) is 1. The van der Waals surface area contributed by atoms with E-state index in [2.05, 4.69) is 28.1 Å². The number of hydrogen-bond donors (Lipinski definition) is 7. The number of hydrogen-bond acceptors (Lipinski definition) is 10. The molecule has 1 aromatic heterocycles. The Hall–Kier alpha value is -1.74. The number of piperidine rings is 1. The van der Waals surface area contributed by atoms with E-state index in [1.807, 2.05) is 77.1 Å². The van der Waals surface area contributed by atoms with Crippen molar-refractivity contribution >= 4 is 58.8 Å². The Labute approximate surface area is 317 Å². The second-order valence-electron chi connectivity index (χ2n) is 12.7. The number of urea groups is 1.